The van der Waals surface area contributed by atoms with Crippen molar-refractivity contribution in [1.82, 2.24) is 15.1 Å². The third kappa shape index (κ3) is 1.64. The zero-order valence-corrected chi connectivity index (χ0v) is 10.4. The van der Waals surface area contributed by atoms with Crippen molar-refractivity contribution in [2.24, 2.45) is 5.84 Å². The molecule has 90 valence electrons. The molecule has 0 unspecified atom stereocenters. The molecule has 0 atom stereocenters. The third-order valence-electron chi connectivity index (χ3n) is 2.36. The summed E-state index contributed by atoms with van der Waals surface area (Å²) in [4.78, 5) is 27.0. The fraction of sp³-hybridized carbons (Fsp3) is 0.125. The molecular formula is C8H9N5O2S2. The first-order chi connectivity index (χ1) is 7.97. The molecule has 0 aliphatic carbocycles. The second-order valence-corrected chi connectivity index (χ2v) is 4.75. The normalized spacial score (nSPS) is 10.7. The molecule has 17 heavy (non-hydrogen) atoms. The first-order valence-electron chi connectivity index (χ1n) is 4.51. The quantitative estimate of drug-likeness (QED) is 0.247. The average Bonchev–Trinajstić information content (AvgIpc) is 2.62. The summed E-state index contributed by atoms with van der Waals surface area (Å²) >= 11 is 5.99. The maximum Gasteiger partial charge on any atom is 0.281 e. The van der Waals surface area contributed by atoms with Gasteiger partial charge in [0.2, 0.25) is 0 Å². The maximum absolute atomic E-state index is 11.9. The number of nitrogens with zero attached hydrogens (tertiary/aromatic N) is 1. The molecule has 0 spiro atoms. The van der Waals surface area contributed by atoms with E-state index in [0.29, 0.717) is 20.7 Å². The third-order valence-corrected chi connectivity index (χ3v) is 3.86. The minimum atomic E-state index is -0.453. The molecule has 1 amide bonds. The van der Waals surface area contributed by atoms with Gasteiger partial charge in [-0.05, 0) is 24.7 Å². The number of carbonyl (C=O) groups excluding carboxylic acids is 1. The van der Waals surface area contributed by atoms with Crippen molar-refractivity contribution in [3.63, 3.8) is 0 Å². The number of H-pyrrole nitrogens is 1. The Morgan fingerprint density at radius 2 is 2.24 bits per heavy atom. The average molecular weight is 271 g/mol. The van der Waals surface area contributed by atoms with Crippen LogP contribution in [0.3, 0.4) is 0 Å². The standard InChI is InChI=1S/C8H9N5O2S2/c1-2-3-6(17-4(2)5(14)12-9)11-8(16)13(10)7(3)15/h9-10H2,1H3,(H,11,16)(H,12,14). The van der Waals surface area contributed by atoms with Gasteiger partial charge >= 0.3 is 0 Å². The molecule has 0 aliphatic rings. The summed E-state index contributed by atoms with van der Waals surface area (Å²) in [7, 11) is 0. The highest BCUT2D eigenvalue weighted by Gasteiger charge is 2.18. The largest absolute Gasteiger partial charge is 0.334 e. The van der Waals surface area contributed by atoms with E-state index in [1.807, 2.05) is 5.43 Å². The lowest BCUT2D eigenvalue weighted by Crippen LogP contribution is -2.30. The van der Waals surface area contributed by atoms with E-state index in [-0.39, 0.29) is 4.77 Å². The second-order valence-electron chi connectivity index (χ2n) is 3.34. The molecule has 0 fully saturated rings. The van der Waals surface area contributed by atoms with Crippen LogP contribution < -0.4 is 22.7 Å². The number of rotatable bonds is 1. The lowest BCUT2D eigenvalue weighted by molar-refractivity contribution is 0.0957. The number of nitrogen functional groups attached to an aromatic ring is 2. The molecule has 0 aromatic carbocycles. The van der Waals surface area contributed by atoms with E-state index >= 15 is 0 Å². The van der Waals surface area contributed by atoms with Crippen LogP contribution in [0.4, 0.5) is 0 Å². The Bertz CT molecular complexity index is 726. The summed E-state index contributed by atoms with van der Waals surface area (Å²) in [6, 6.07) is 0. The van der Waals surface area contributed by atoms with E-state index in [1.165, 1.54) is 0 Å². The van der Waals surface area contributed by atoms with Crippen LogP contribution in [-0.4, -0.2) is 15.6 Å². The molecule has 2 aromatic heterocycles. The van der Waals surface area contributed by atoms with Crippen LogP contribution in [-0.2, 0) is 0 Å². The Balaban J connectivity index is 2.94. The van der Waals surface area contributed by atoms with Gasteiger partial charge in [-0.1, -0.05) is 0 Å². The van der Waals surface area contributed by atoms with Gasteiger partial charge in [0.05, 0.1) is 10.3 Å². The highest BCUT2D eigenvalue weighted by molar-refractivity contribution is 7.71. The summed E-state index contributed by atoms with van der Waals surface area (Å²) in [5.74, 6) is 10.1. The number of nitrogens with one attached hydrogen (secondary N) is 2. The fourth-order valence-electron chi connectivity index (χ4n) is 1.51. The van der Waals surface area contributed by atoms with Crippen molar-refractivity contribution in [1.29, 1.82) is 0 Å². The predicted molar refractivity (Wildman–Crippen MR) is 67.8 cm³/mol. The zero-order valence-electron chi connectivity index (χ0n) is 8.73. The molecular weight excluding hydrogens is 262 g/mol. The maximum atomic E-state index is 11.9. The van der Waals surface area contributed by atoms with Crippen LogP contribution in [0.15, 0.2) is 4.79 Å². The van der Waals surface area contributed by atoms with E-state index in [9.17, 15) is 9.59 Å². The lowest BCUT2D eigenvalue weighted by Gasteiger charge is -1.98. The van der Waals surface area contributed by atoms with Gasteiger partial charge in [0, 0.05) is 0 Å². The first kappa shape index (κ1) is 11.8. The lowest BCUT2D eigenvalue weighted by atomic mass is 10.2. The van der Waals surface area contributed by atoms with E-state index in [2.05, 4.69) is 4.98 Å². The summed E-state index contributed by atoms with van der Waals surface area (Å²) in [5, 5.41) is 0.352. The van der Waals surface area contributed by atoms with Crippen LogP contribution >= 0.6 is 23.6 Å². The van der Waals surface area contributed by atoms with E-state index in [0.717, 1.165) is 16.0 Å². The molecule has 2 heterocycles. The SMILES string of the molecule is Cc1c(C(=O)NN)sc2[nH]c(=S)n(N)c(=O)c12. The monoisotopic (exact) mass is 271 g/mol. The van der Waals surface area contributed by atoms with Crippen molar-refractivity contribution in [3.05, 3.63) is 25.6 Å². The number of amides is 1. The number of aromatic amines is 1. The Morgan fingerprint density at radius 1 is 1.59 bits per heavy atom. The van der Waals surface area contributed by atoms with Gasteiger partial charge in [0.1, 0.15) is 4.83 Å². The number of thiophene rings is 1. The van der Waals surface area contributed by atoms with Gasteiger partial charge < -0.3 is 10.8 Å². The van der Waals surface area contributed by atoms with Gasteiger partial charge in [0.15, 0.2) is 4.77 Å². The molecule has 0 bridgehead atoms. The Kier molecular flexibility index (Phi) is 2.73. The smallest absolute Gasteiger partial charge is 0.281 e. The van der Waals surface area contributed by atoms with Crippen molar-refractivity contribution < 1.29 is 4.79 Å². The number of hydrogen-bond acceptors (Lipinski definition) is 6. The van der Waals surface area contributed by atoms with Gasteiger partial charge in [-0.2, -0.15) is 4.68 Å². The summed E-state index contributed by atoms with van der Waals surface area (Å²) < 4.78 is 0.935. The molecule has 7 nitrogen and oxygen atoms in total. The van der Waals surface area contributed by atoms with E-state index in [1.54, 1.807) is 6.92 Å². The molecule has 0 radical (unpaired) electrons. The molecule has 9 heteroatoms. The van der Waals surface area contributed by atoms with Crippen LogP contribution in [0, 0.1) is 11.7 Å². The number of nitrogens with two attached hydrogens (primary N) is 2. The minimum absolute atomic E-state index is 0.100. The van der Waals surface area contributed by atoms with E-state index in [4.69, 9.17) is 23.9 Å². The van der Waals surface area contributed by atoms with Gasteiger partial charge in [0.25, 0.3) is 11.5 Å². The van der Waals surface area contributed by atoms with Crippen molar-refractivity contribution in [2.45, 2.75) is 6.92 Å². The Morgan fingerprint density at radius 3 is 2.82 bits per heavy atom. The number of aryl methyl sites for hydroxylation is 1. The molecule has 2 rings (SSSR count). The van der Waals surface area contributed by atoms with Crippen LogP contribution in [0.1, 0.15) is 15.2 Å². The zero-order chi connectivity index (χ0) is 12.7. The molecule has 0 saturated heterocycles. The number of fused-ring (bicyclic) bond motifs is 1. The first-order valence-corrected chi connectivity index (χ1v) is 5.74. The van der Waals surface area contributed by atoms with Gasteiger partial charge in [-0.3, -0.25) is 15.0 Å². The van der Waals surface area contributed by atoms with Crippen molar-refractivity contribution in [3.8, 4) is 0 Å². The molecule has 0 aliphatic heterocycles. The predicted octanol–water partition coefficient (Wildman–Crippen LogP) is -0.254. The molecule has 2 aromatic rings. The topological polar surface area (TPSA) is 119 Å². The number of aromatic nitrogens is 2. The van der Waals surface area contributed by atoms with Crippen LogP contribution in [0.25, 0.3) is 10.2 Å². The van der Waals surface area contributed by atoms with Gasteiger partial charge in [-0.25, -0.2) is 5.84 Å². The van der Waals surface area contributed by atoms with E-state index < -0.39 is 11.5 Å². The van der Waals surface area contributed by atoms with Crippen LogP contribution in [0.2, 0.25) is 0 Å². The van der Waals surface area contributed by atoms with Crippen molar-refractivity contribution in [2.75, 3.05) is 5.84 Å². The highest BCUT2D eigenvalue weighted by Crippen LogP contribution is 2.26. The Labute approximate surface area is 104 Å². The summed E-state index contributed by atoms with van der Waals surface area (Å²) in [6.07, 6.45) is 0. The minimum Gasteiger partial charge on any atom is -0.334 e. The number of hydrogen-bond donors (Lipinski definition) is 4. The van der Waals surface area contributed by atoms with Gasteiger partial charge in [-0.15, -0.1) is 11.3 Å². The summed E-state index contributed by atoms with van der Waals surface area (Å²) in [6.45, 7) is 1.65. The van der Waals surface area contributed by atoms with Crippen molar-refractivity contribution >= 4 is 39.7 Å². The summed E-state index contributed by atoms with van der Waals surface area (Å²) in [5.41, 5.74) is 2.12. The number of hydrazine groups is 1. The number of carbonyl (C=O) groups is 1. The second kappa shape index (κ2) is 3.95. The highest BCUT2D eigenvalue weighted by atomic mass is 32.1. The van der Waals surface area contributed by atoms with Crippen LogP contribution in [0.5, 0.6) is 0 Å². The fourth-order valence-corrected chi connectivity index (χ4v) is 2.86. The molecule has 0 saturated carbocycles. The Hall–Kier alpha value is -1.71. The molecule has 6 N–H and O–H groups in total.